The van der Waals surface area contributed by atoms with Gasteiger partial charge in [0.15, 0.2) is 5.76 Å². The minimum absolute atomic E-state index is 0.0468. The molecule has 3 aromatic carbocycles. The first-order valence-electron chi connectivity index (χ1n) is 11.0. The van der Waals surface area contributed by atoms with Crippen molar-refractivity contribution in [3.63, 3.8) is 0 Å². The van der Waals surface area contributed by atoms with Crippen molar-refractivity contribution < 1.29 is 13.9 Å². The quantitative estimate of drug-likeness (QED) is 0.269. The molecule has 0 spiro atoms. The van der Waals surface area contributed by atoms with Crippen molar-refractivity contribution in [1.82, 2.24) is 9.66 Å². The van der Waals surface area contributed by atoms with Crippen LogP contribution in [0.5, 0.6) is 11.5 Å². The molecule has 5 aromatic rings. The van der Waals surface area contributed by atoms with Crippen LogP contribution >= 0.6 is 11.6 Å². The lowest BCUT2D eigenvalue weighted by Gasteiger charge is -2.12. The van der Waals surface area contributed by atoms with E-state index in [4.69, 9.17) is 30.5 Å². The number of para-hydroxylation sites is 1. The van der Waals surface area contributed by atoms with Gasteiger partial charge in [-0.3, -0.25) is 4.79 Å². The first-order valence-corrected chi connectivity index (χ1v) is 11.4. The lowest BCUT2D eigenvalue weighted by atomic mass is 10.2. The Kier molecular flexibility index (Phi) is 6.01. The Bertz CT molecular complexity index is 1640. The lowest BCUT2D eigenvalue weighted by molar-refractivity contribution is 0.242. The molecule has 0 aliphatic heterocycles. The van der Waals surface area contributed by atoms with Gasteiger partial charge in [-0.05, 0) is 62.4 Å². The van der Waals surface area contributed by atoms with E-state index in [0.717, 1.165) is 5.39 Å². The molecule has 2 heterocycles. The fourth-order valence-corrected chi connectivity index (χ4v) is 3.99. The molecule has 0 saturated carbocycles. The van der Waals surface area contributed by atoms with Crippen LogP contribution in [0.15, 0.2) is 81.0 Å². The largest absolute Gasteiger partial charge is 0.496 e. The van der Waals surface area contributed by atoms with Crippen LogP contribution in [-0.2, 0) is 0 Å². The van der Waals surface area contributed by atoms with Gasteiger partial charge in [-0.2, -0.15) is 9.78 Å². The van der Waals surface area contributed by atoms with Crippen LogP contribution in [0.2, 0.25) is 5.02 Å². The average Bonchev–Trinajstić information content (AvgIpc) is 3.29. The number of hydrogen-bond acceptors (Lipinski definition) is 6. The number of methoxy groups -OCH3 is 1. The number of aromatic nitrogens is 2. The number of fused-ring (bicyclic) bond motifs is 2. The Morgan fingerprint density at radius 3 is 2.66 bits per heavy atom. The highest BCUT2D eigenvalue weighted by molar-refractivity contribution is 6.30. The summed E-state index contributed by atoms with van der Waals surface area (Å²) in [6, 6.07) is 19.7. The highest BCUT2D eigenvalue weighted by Gasteiger charge is 2.18. The molecule has 0 fully saturated rings. The van der Waals surface area contributed by atoms with E-state index in [1.807, 2.05) is 38.1 Å². The fourth-order valence-electron chi connectivity index (χ4n) is 3.81. The molecular formula is C27H22ClN3O4. The van der Waals surface area contributed by atoms with E-state index in [0.29, 0.717) is 44.3 Å². The summed E-state index contributed by atoms with van der Waals surface area (Å²) in [5, 5.41) is 6.24. The van der Waals surface area contributed by atoms with Crippen molar-refractivity contribution in [2.24, 2.45) is 5.10 Å². The molecule has 0 unspecified atom stereocenters. The lowest BCUT2D eigenvalue weighted by Crippen LogP contribution is -2.20. The third kappa shape index (κ3) is 4.38. The summed E-state index contributed by atoms with van der Waals surface area (Å²) in [7, 11) is 1.59. The molecule has 35 heavy (non-hydrogen) atoms. The fraction of sp³-hybridized carbons (Fsp3) is 0.148. The number of halogens is 1. The summed E-state index contributed by atoms with van der Waals surface area (Å²) >= 11 is 6.22. The molecule has 0 N–H and O–H groups in total. The van der Waals surface area contributed by atoms with Gasteiger partial charge >= 0.3 is 0 Å². The second-order valence-electron chi connectivity index (χ2n) is 8.15. The molecule has 0 aliphatic rings. The van der Waals surface area contributed by atoms with Crippen LogP contribution < -0.4 is 15.0 Å². The summed E-state index contributed by atoms with van der Waals surface area (Å²) in [4.78, 5) is 18.2. The second kappa shape index (κ2) is 9.27. The summed E-state index contributed by atoms with van der Waals surface area (Å²) < 4.78 is 18.6. The van der Waals surface area contributed by atoms with Crippen molar-refractivity contribution in [3.8, 4) is 23.1 Å². The SMILES string of the molecule is COc1cccc2oc(-c3nc4ccccc4c(=O)n3N=Cc3cc(Cl)ccc3OC(C)C)cc12. The van der Waals surface area contributed by atoms with E-state index in [1.54, 1.807) is 49.6 Å². The molecule has 7 nitrogen and oxygen atoms in total. The van der Waals surface area contributed by atoms with E-state index in [9.17, 15) is 4.79 Å². The molecule has 0 atom stereocenters. The molecule has 0 bridgehead atoms. The normalized spacial score (nSPS) is 11.7. The third-order valence-corrected chi connectivity index (χ3v) is 5.60. The number of rotatable bonds is 6. The maximum atomic E-state index is 13.5. The van der Waals surface area contributed by atoms with Crippen molar-refractivity contribution >= 4 is 39.7 Å². The monoisotopic (exact) mass is 487 g/mol. The van der Waals surface area contributed by atoms with Gasteiger partial charge in [-0.1, -0.05) is 29.8 Å². The summed E-state index contributed by atoms with van der Waals surface area (Å²) in [5.74, 6) is 1.90. The molecule has 2 aromatic heterocycles. The van der Waals surface area contributed by atoms with E-state index in [2.05, 4.69) is 5.10 Å². The molecule has 8 heteroatoms. The summed E-state index contributed by atoms with van der Waals surface area (Å²) in [6.45, 7) is 3.86. The third-order valence-electron chi connectivity index (χ3n) is 5.36. The van der Waals surface area contributed by atoms with Gasteiger partial charge < -0.3 is 13.9 Å². The topological polar surface area (TPSA) is 78.9 Å². The van der Waals surface area contributed by atoms with Crippen molar-refractivity contribution in [2.75, 3.05) is 7.11 Å². The second-order valence-corrected chi connectivity index (χ2v) is 8.58. The first kappa shape index (κ1) is 22.7. The Hall–Kier alpha value is -4.10. The molecule has 0 saturated heterocycles. The van der Waals surface area contributed by atoms with E-state index < -0.39 is 0 Å². The van der Waals surface area contributed by atoms with Gasteiger partial charge in [0.2, 0.25) is 5.82 Å². The van der Waals surface area contributed by atoms with E-state index >= 15 is 0 Å². The van der Waals surface area contributed by atoms with E-state index in [1.165, 1.54) is 10.9 Å². The number of ether oxygens (including phenoxy) is 2. The number of benzene rings is 3. The molecule has 0 aliphatic carbocycles. The van der Waals surface area contributed by atoms with Gasteiger partial charge in [-0.25, -0.2) is 4.98 Å². The van der Waals surface area contributed by atoms with Gasteiger partial charge in [0, 0.05) is 10.6 Å². The standard InChI is InChI=1S/C27H22ClN3O4/c1-16(2)34-22-12-11-18(28)13-17(22)15-29-31-26(30-21-8-5-4-7-19(21)27(31)32)25-14-20-23(33-3)9-6-10-24(20)35-25/h4-16H,1-3H3. The van der Waals surface area contributed by atoms with Gasteiger partial charge in [-0.15, -0.1) is 0 Å². The minimum Gasteiger partial charge on any atom is -0.496 e. The smallest absolute Gasteiger partial charge is 0.282 e. The van der Waals surface area contributed by atoms with Gasteiger partial charge in [0.25, 0.3) is 5.56 Å². The number of hydrogen-bond donors (Lipinski definition) is 0. The summed E-state index contributed by atoms with van der Waals surface area (Å²) in [6.07, 6.45) is 1.49. The first-order chi connectivity index (χ1) is 16.9. The Morgan fingerprint density at radius 1 is 1.03 bits per heavy atom. The molecule has 176 valence electrons. The molecule has 0 radical (unpaired) electrons. The molecular weight excluding hydrogens is 466 g/mol. The average molecular weight is 488 g/mol. The van der Waals surface area contributed by atoms with Crippen LogP contribution in [0.1, 0.15) is 19.4 Å². The maximum absolute atomic E-state index is 13.5. The Labute approximate surface area is 206 Å². The van der Waals surface area contributed by atoms with Crippen molar-refractivity contribution in [2.45, 2.75) is 20.0 Å². The Morgan fingerprint density at radius 2 is 1.86 bits per heavy atom. The molecule has 0 amide bonds. The highest BCUT2D eigenvalue weighted by atomic mass is 35.5. The summed E-state index contributed by atoms with van der Waals surface area (Å²) in [5.41, 5.74) is 1.45. The number of furan rings is 1. The predicted octanol–water partition coefficient (Wildman–Crippen LogP) is 6.14. The van der Waals surface area contributed by atoms with Crippen LogP contribution in [0.3, 0.4) is 0 Å². The van der Waals surface area contributed by atoms with Crippen LogP contribution in [0.25, 0.3) is 33.5 Å². The van der Waals surface area contributed by atoms with E-state index in [-0.39, 0.29) is 17.5 Å². The van der Waals surface area contributed by atoms with Crippen LogP contribution in [0.4, 0.5) is 0 Å². The molecule has 5 rings (SSSR count). The highest BCUT2D eigenvalue weighted by Crippen LogP contribution is 2.33. The maximum Gasteiger partial charge on any atom is 0.282 e. The zero-order valence-electron chi connectivity index (χ0n) is 19.4. The van der Waals surface area contributed by atoms with Crippen molar-refractivity contribution in [1.29, 1.82) is 0 Å². The van der Waals surface area contributed by atoms with Crippen LogP contribution in [0, 0.1) is 0 Å². The van der Waals surface area contributed by atoms with Crippen molar-refractivity contribution in [3.05, 3.63) is 87.7 Å². The number of nitrogens with zero attached hydrogens (tertiary/aromatic N) is 3. The zero-order valence-corrected chi connectivity index (χ0v) is 20.1. The zero-order chi connectivity index (χ0) is 24.5. The Balaban J connectivity index is 1.72. The predicted molar refractivity (Wildman–Crippen MR) is 138 cm³/mol. The van der Waals surface area contributed by atoms with Gasteiger partial charge in [0.05, 0.1) is 35.7 Å². The minimum atomic E-state index is -0.331. The van der Waals surface area contributed by atoms with Crippen LogP contribution in [-0.4, -0.2) is 29.1 Å². The van der Waals surface area contributed by atoms with Gasteiger partial charge in [0.1, 0.15) is 17.1 Å².